The average Bonchev–Trinajstić information content (AvgIpc) is 2.10. The summed E-state index contributed by atoms with van der Waals surface area (Å²) in [6.07, 6.45) is 1.01. The van der Waals surface area contributed by atoms with Gasteiger partial charge in [-0.1, -0.05) is 20.8 Å². The summed E-state index contributed by atoms with van der Waals surface area (Å²) in [5, 5.41) is 0.133. The fraction of sp³-hybridized carbons (Fsp3) is 0.750. The maximum Gasteiger partial charge on any atom is 0.193 e. The molecule has 86 valence electrons. The highest BCUT2D eigenvalue weighted by molar-refractivity contribution is 6.74. The predicted molar refractivity (Wildman–Crippen MR) is 66.2 cm³/mol. The Morgan fingerprint density at radius 3 is 2.27 bits per heavy atom. The maximum absolute atomic E-state index is 10.8. The first-order chi connectivity index (χ1) is 6.74. The third kappa shape index (κ3) is 4.63. The second-order valence-corrected chi connectivity index (χ2v) is 9.94. The molecular weight excluding hydrogens is 204 g/mol. The third-order valence-electron chi connectivity index (χ3n) is 2.88. The van der Waals surface area contributed by atoms with Crippen LogP contribution in [0.15, 0.2) is 0 Å². The molecule has 0 aromatic carbocycles. The maximum atomic E-state index is 10.8. The highest BCUT2D eigenvalue weighted by atomic mass is 28.4. The number of carbonyl (C=O) groups excluding carboxylic acids is 1. The molecule has 0 N–H and O–H groups in total. The predicted octanol–water partition coefficient (Wildman–Crippen LogP) is 2.99. The van der Waals surface area contributed by atoms with Gasteiger partial charge in [-0.2, -0.15) is 0 Å². The monoisotopic (exact) mass is 226 g/mol. The molecule has 0 heterocycles. The van der Waals surface area contributed by atoms with Crippen LogP contribution in [0.3, 0.4) is 0 Å². The van der Waals surface area contributed by atoms with E-state index in [0.717, 1.165) is 6.29 Å². The summed E-state index contributed by atoms with van der Waals surface area (Å²) in [5.74, 6) is 5.67. The molecule has 0 aliphatic heterocycles. The van der Waals surface area contributed by atoms with Gasteiger partial charge in [-0.05, 0) is 25.1 Å². The second-order valence-electron chi connectivity index (χ2n) is 5.18. The minimum absolute atomic E-state index is 0.133. The van der Waals surface area contributed by atoms with E-state index in [2.05, 4.69) is 45.7 Å². The molecule has 15 heavy (non-hydrogen) atoms. The first kappa shape index (κ1) is 14.4. The summed E-state index contributed by atoms with van der Waals surface area (Å²) in [4.78, 5) is 10.8. The van der Waals surface area contributed by atoms with E-state index in [0.29, 0.717) is 6.42 Å². The Hall–Kier alpha value is -0.593. The van der Waals surface area contributed by atoms with E-state index in [-0.39, 0.29) is 11.1 Å². The van der Waals surface area contributed by atoms with Crippen LogP contribution in [0.25, 0.3) is 0 Å². The molecule has 0 aromatic heterocycles. The van der Waals surface area contributed by atoms with Crippen molar-refractivity contribution in [3.8, 4) is 11.8 Å². The molecule has 0 fully saturated rings. The molecule has 0 aromatic rings. The zero-order valence-corrected chi connectivity index (χ0v) is 11.7. The molecule has 0 saturated carbocycles. The summed E-state index contributed by atoms with van der Waals surface area (Å²) in [6.45, 7) is 12.5. The van der Waals surface area contributed by atoms with Crippen LogP contribution in [-0.4, -0.2) is 20.7 Å². The molecule has 0 rings (SSSR count). The lowest BCUT2D eigenvalue weighted by Crippen LogP contribution is -2.44. The van der Waals surface area contributed by atoms with Crippen molar-refractivity contribution in [2.24, 2.45) is 0 Å². The minimum atomic E-state index is -1.84. The van der Waals surface area contributed by atoms with Crippen molar-refractivity contribution in [3.05, 3.63) is 0 Å². The van der Waals surface area contributed by atoms with Crippen molar-refractivity contribution < 1.29 is 9.22 Å². The van der Waals surface area contributed by atoms with Gasteiger partial charge in [-0.3, -0.25) is 0 Å². The molecule has 0 amide bonds. The van der Waals surface area contributed by atoms with Crippen molar-refractivity contribution in [3.63, 3.8) is 0 Å². The summed E-state index contributed by atoms with van der Waals surface area (Å²) in [5.41, 5.74) is 0. The van der Waals surface area contributed by atoms with E-state index in [9.17, 15) is 4.79 Å². The van der Waals surface area contributed by atoms with Gasteiger partial charge in [0.05, 0.1) is 0 Å². The van der Waals surface area contributed by atoms with Crippen molar-refractivity contribution in [1.82, 2.24) is 0 Å². The normalized spacial score (nSPS) is 14.0. The molecule has 0 unspecified atom stereocenters. The van der Waals surface area contributed by atoms with Crippen LogP contribution < -0.4 is 0 Å². The highest BCUT2D eigenvalue weighted by Gasteiger charge is 2.38. The van der Waals surface area contributed by atoms with E-state index in [1.54, 1.807) is 6.92 Å². The van der Waals surface area contributed by atoms with Gasteiger partial charge in [-0.25, -0.2) is 0 Å². The summed E-state index contributed by atoms with van der Waals surface area (Å²) in [6, 6.07) is 0. The number of carbonyl (C=O) groups is 1. The van der Waals surface area contributed by atoms with Gasteiger partial charge in [-0.15, -0.1) is 11.8 Å². The van der Waals surface area contributed by atoms with E-state index >= 15 is 0 Å². The molecule has 0 radical (unpaired) electrons. The second kappa shape index (κ2) is 5.48. The van der Waals surface area contributed by atoms with Gasteiger partial charge >= 0.3 is 0 Å². The molecule has 0 aliphatic rings. The lowest BCUT2D eigenvalue weighted by atomic mass is 10.2. The minimum Gasteiger partial charge on any atom is -0.406 e. The Balaban J connectivity index is 4.51. The molecular formula is C12H22O2Si. The SMILES string of the molecule is CC#CC[C@@H](C=O)O[Si](C)(C)C(C)(C)C. The van der Waals surface area contributed by atoms with Gasteiger partial charge in [0.25, 0.3) is 0 Å². The van der Waals surface area contributed by atoms with Crippen molar-refractivity contribution in [2.75, 3.05) is 0 Å². The van der Waals surface area contributed by atoms with Crippen molar-refractivity contribution in [1.29, 1.82) is 0 Å². The van der Waals surface area contributed by atoms with Crippen LogP contribution in [-0.2, 0) is 9.22 Å². The molecule has 0 saturated heterocycles. The Labute approximate surface area is 94.5 Å². The van der Waals surface area contributed by atoms with Crippen molar-refractivity contribution >= 4 is 14.6 Å². The fourth-order valence-electron chi connectivity index (χ4n) is 0.875. The lowest BCUT2D eigenvalue weighted by molar-refractivity contribution is -0.113. The number of hydrogen-bond acceptors (Lipinski definition) is 2. The quantitative estimate of drug-likeness (QED) is 0.418. The lowest BCUT2D eigenvalue weighted by Gasteiger charge is -2.37. The first-order valence-electron chi connectivity index (χ1n) is 5.27. The summed E-state index contributed by atoms with van der Waals surface area (Å²) >= 11 is 0. The Morgan fingerprint density at radius 2 is 1.93 bits per heavy atom. The Kier molecular flexibility index (Phi) is 5.26. The number of aldehydes is 1. The highest BCUT2D eigenvalue weighted by Crippen LogP contribution is 2.37. The zero-order chi connectivity index (χ0) is 12.1. The summed E-state index contributed by atoms with van der Waals surface area (Å²) < 4.78 is 5.92. The molecule has 0 bridgehead atoms. The number of rotatable bonds is 4. The van der Waals surface area contributed by atoms with E-state index in [1.165, 1.54) is 0 Å². The zero-order valence-electron chi connectivity index (χ0n) is 10.7. The standard InChI is InChI=1S/C12H22O2Si/c1-7-8-9-11(10-13)14-15(5,6)12(2,3)4/h10-11H,9H2,1-6H3/t11-/m0/s1. The molecule has 0 spiro atoms. The molecule has 2 nitrogen and oxygen atoms in total. The van der Waals surface area contributed by atoms with Crippen LogP contribution in [0.2, 0.25) is 18.1 Å². The van der Waals surface area contributed by atoms with E-state index < -0.39 is 8.32 Å². The average molecular weight is 226 g/mol. The van der Waals surface area contributed by atoms with Gasteiger partial charge < -0.3 is 9.22 Å². The molecule has 3 heteroatoms. The summed E-state index contributed by atoms with van der Waals surface area (Å²) in [7, 11) is -1.84. The van der Waals surface area contributed by atoms with Crippen molar-refractivity contribution in [2.45, 2.75) is 58.4 Å². The topological polar surface area (TPSA) is 26.3 Å². The Morgan fingerprint density at radius 1 is 1.40 bits per heavy atom. The van der Waals surface area contributed by atoms with Crippen LogP contribution in [0.4, 0.5) is 0 Å². The molecule has 1 atom stereocenters. The van der Waals surface area contributed by atoms with Crippen LogP contribution in [0.5, 0.6) is 0 Å². The third-order valence-corrected chi connectivity index (χ3v) is 7.39. The first-order valence-corrected chi connectivity index (χ1v) is 8.18. The fourth-order valence-corrected chi connectivity index (χ4v) is 2.12. The van der Waals surface area contributed by atoms with Crippen LogP contribution in [0, 0.1) is 11.8 Å². The smallest absolute Gasteiger partial charge is 0.193 e. The van der Waals surface area contributed by atoms with Gasteiger partial charge in [0, 0.05) is 6.42 Å². The molecule has 0 aliphatic carbocycles. The van der Waals surface area contributed by atoms with Crippen LogP contribution in [0.1, 0.15) is 34.1 Å². The van der Waals surface area contributed by atoms with E-state index in [4.69, 9.17) is 4.43 Å². The largest absolute Gasteiger partial charge is 0.406 e. The van der Waals surface area contributed by atoms with Crippen LogP contribution >= 0.6 is 0 Å². The number of hydrogen-bond donors (Lipinski definition) is 0. The van der Waals surface area contributed by atoms with Gasteiger partial charge in [0.15, 0.2) is 8.32 Å². The van der Waals surface area contributed by atoms with Gasteiger partial charge in [0.2, 0.25) is 0 Å². The van der Waals surface area contributed by atoms with E-state index in [1.807, 2.05) is 0 Å². The Bertz CT molecular complexity index is 266. The van der Waals surface area contributed by atoms with Gasteiger partial charge in [0.1, 0.15) is 12.4 Å².